The van der Waals surface area contributed by atoms with E-state index < -0.39 is 0 Å². The van der Waals surface area contributed by atoms with Crippen molar-refractivity contribution in [3.05, 3.63) is 11.9 Å². The molecule has 102 valence electrons. The van der Waals surface area contributed by atoms with Crippen molar-refractivity contribution in [2.45, 2.75) is 57.7 Å². The maximum absolute atomic E-state index is 6.38. The highest BCUT2D eigenvalue weighted by Gasteiger charge is 2.31. The second-order valence-corrected chi connectivity index (χ2v) is 5.10. The molecule has 2 rings (SSSR count). The van der Waals surface area contributed by atoms with Gasteiger partial charge in [0.05, 0.1) is 24.0 Å². The van der Waals surface area contributed by atoms with E-state index in [9.17, 15) is 0 Å². The zero-order chi connectivity index (χ0) is 13.0. The number of nitrogens with two attached hydrogens (primary N) is 1. The van der Waals surface area contributed by atoms with Gasteiger partial charge in [0.1, 0.15) is 0 Å². The molecular formula is C13H24N4O. The van der Waals surface area contributed by atoms with E-state index in [1.807, 2.05) is 11.6 Å². The SMILES string of the molecule is CCn1nncc1C(N)C(OC)C1CCCCC1. The molecule has 0 saturated heterocycles. The summed E-state index contributed by atoms with van der Waals surface area (Å²) in [5.41, 5.74) is 7.36. The molecule has 1 aromatic rings. The maximum Gasteiger partial charge on any atom is 0.0807 e. The quantitative estimate of drug-likeness (QED) is 0.869. The monoisotopic (exact) mass is 252 g/mol. The highest BCUT2D eigenvalue weighted by atomic mass is 16.5. The average molecular weight is 252 g/mol. The number of aryl methyl sites for hydroxylation is 1. The van der Waals surface area contributed by atoms with Crippen molar-refractivity contribution in [1.29, 1.82) is 0 Å². The summed E-state index contributed by atoms with van der Waals surface area (Å²) in [6, 6.07) is -0.131. The second-order valence-electron chi connectivity index (χ2n) is 5.10. The van der Waals surface area contributed by atoms with Gasteiger partial charge >= 0.3 is 0 Å². The summed E-state index contributed by atoms with van der Waals surface area (Å²) in [5.74, 6) is 0.568. The number of rotatable bonds is 5. The molecule has 0 spiro atoms. The summed E-state index contributed by atoms with van der Waals surface area (Å²) in [7, 11) is 1.76. The van der Waals surface area contributed by atoms with Crippen LogP contribution >= 0.6 is 0 Å². The summed E-state index contributed by atoms with van der Waals surface area (Å²) in [6.45, 7) is 2.84. The lowest BCUT2D eigenvalue weighted by Crippen LogP contribution is -2.37. The first kappa shape index (κ1) is 13.5. The van der Waals surface area contributed by atoms with Crippen LogP contribution in [0.2, 0.25) is 0 Å². The van der Waals surface area contributed by atoms with Crippen LogP contribution in [-0.2, 0) is 11.3 Å². The van der Waals surface area contributed by atoms with Crippen LogP contribution in [0.15, 0.2) is 6.20 Å². The van der Waals surface area contributed by atoms with E-state index in [-0.39, 0.29) is 12.1 Å². The van der Waals surface area contributed by atoms with Gasteiger partial charge in [-0.25, -0.2) is 4.68 Å². The third-order valence-electron chi connectivity index (χ3n) is 4.03. The van der Waals surface area contributed by atoms with Crippen molar-refractivity contribution in [3.63, 3.8) is 0 Å². The van der Waals surface area contributed by atoms with Crippen LogP contribution in [-0.4, -0.2) is 28.2 Å². The predicted molar refractivity (Wildman–Crippen MR) is 70.0 cm³/mol. The van der Waals surface area contributed by atoms with Crippen LogP contribution in [0, 0.1) is 5.92 Å². The van der Waals surface area contributed by atoms with Gasteiger partial charge in [-0.05, 0) is 25.7 Å². The molecule has 1 saturated carbocycles. The number of aromatic nitrogens is 3. The lowest BCUT2D eigenvalue weighted by molar-refractivity contribution is 0.0153. The van der Waals surface area contributed by atoms with Crippen LogP contribution in [0.5, 0.6) is 0 Å². The Kier molecular flexibility index (Phi) is 4.72. The van der Waals surface area contributed by atoms with Crippen molar-refractivity contribution >= 4 is 0 Å². The van der Waals surface area contributed by atoms with Gasteiger partial charge in [0.15, 0.2) is 0 Å². The Morgan fingerprint density at radius 3 is 2.78 bits per heavy atom. The minimum atomic E-state index is -0.131. The zero-order valence-electron chi connectivity index (χ0n) is 11.4. The van der Waals surface area contributed by atoms with E-state index in [1.165, 1.54) is 32.1 Å². The average Bonchev–Trinajstić information content (AvgIpc) is 2.89. The molecule has 2 atom stereocenters. The van der Waals surface area contributed by atoms with Gasteiger partial charge in [-0.3, -0.25) is 0 Å². The van der Waals surface area contributed by atoms with Crippen molar-refractivity contribution in [3.8, 4) is 0 Å². The first-order valence-electron chi connectivity index (χ1n) is 6.94. The lowest BCUT2D eigenvalue weighted by atomic mass is 9.82. The third-order valence-corrected chi connectivity index (χ3v) is 4.03. The summed E-state index contributed by atoms with van der Waals surface area (Å²) in [4.78, 5) is 0. The van der Waals surface area contributed by atoms with E-state index in [0.717, 1.165) is 12.2 Å². The molecule has 1 heterocycles. The van der Waals surface area contributed by atoms with E-state index in [0.29, 0.717) is 5.92 Å². The lowest BCUT2D eigenvalue weighted by Gasteiger charge is -2.33. The van der Waals surface area contributed by atoms with Gasteiger partial charge in [-0.1, -0.05) is 24.5 Å². The normalized spacial score (nSPS) is 20.8. The largest absolute Gasteiger partial charge is 0.379 e. The minimum absolute atomic E-state index is 0.0779. The highest BCUT2D eigenvalue weighted by Crippen LogP contribution is 2.32. The van der Waals surface area contributed by atoms with E-state index in [4.69, 9.17) is 10.5 Å². The summed E-state index contributed by atoms with van der Waals surface area (Å²) < 4.78 is 7.54. The fourth-order valence-electron chi connectivity index (χ4n) is 3.03. The molecule has 2 unspecified atom stereocenters. The molecule has 1 aromatic heterocycles. The molecule has 1 fully saturated rings. The topological polar surface area (TPSA) is 66.0 Å². The molecule has 0 aromatic carbocycles. The fraction of sp³-hybridized carbons (Fsp3) is 0.846. The number of ether oxygens (including phenoxy) is 1. The minimum Gasteiger partial charge on any atom is -0.379 e. The molecule has 0 bridgehead atoms. The van der Waals surface area contributed by atoms with E-state index in [1.54, 1.807) is 13.3 Å². The van der Waals surface area contributed by atoms with Crippen LogP contribution in [0.3, 0.4) is 0 Å². The molecule has 0 amide bonds. The molecule has 0 radical (unpaired) electrons. The van der Waals surface area contributed by atoms with Crippen molar-refractivity contribution in [1.82, 2.24) is 15.0 Å². The molecule has 1 aliphatic rings. The third kappa shape index (κ3) is 2.72. The Labute approximate surface area is 109 Å². The van der Waals surface area contributed by atoms with Crippen molar-refractivity contribution < 1.29 is 4.74 Å². The van der Waals surface area contributed by atoms with Gasteiger partial charge in [-0.15, -0.1) is 5.10 Å². The number of nitrogens with zero attached hydrogens (tertiary/aromatic N) is 3. The Balaban J connectivity index is 2.11. The second kappa shape index (κ2) is 6.29. The number of hydrogen-bond acceptors (Lipinski definition) is 4. The predicted octanol–water partition coefficient (Wildman–Crippen LogP) is 1.89. The molecule has 1 aliphatic carbocycles. The first-order valence-corrected chi connectivity index (χ1v) is 6.94. The molecule has 5 heteroatoms. The molecule has 0 aliphatic heterocycles. The van der Waals surface area contributed by atoms with E-state index >= 15 is 0 Å². The standard InChI is InChI=1S/C13H24N4O/c1-3-17-11(9-15-16-17)12(14)13(18-2)10-7-5-4-6-8-10/h9-10,12-13H,3-8,14H2,1-2H3. The number of methoxy groups -OCH3 is 1. The van der Waals surface area contributed by atoms with Crippen LogP contribution in [0.25, 0.3) is 0 Å². The van der Waals surface area contributed by atoms with Crippen LogP contribution in [0.4, 0.5) is 0 Å². The maximum atomic E-state index is 6.38. The van der Waals surface area contributed by atoms with Gasteiger partial charge in [0.2, 0.25) is 0 Å². The molecule has 18 heavy (non-hydrogen) atoms. The van der Waals surface area contributed by atoms with Crippen LogP contribution < -0.4 is 5.73 Å². The molecule has 5 nitrogen and oxygen atoms in total. The Morgan fingerprint density at radius 2 is 2.17 bits per heavy atom. The number of hydrogen-bond donors (Lipinski definition) is 1. The Morgan fingerprint density at radius 1 is 1.44 bits per heavy atom. The summed E-state index contributed by atoms with van der Waals surface area (Å²) in [6.07, 6.45) is 8.22. The van der Waals surface area contributed by atoms with Gasteiger partial charge in [-0.2, -0.15) is 0 Å². The van der Waals surface area contributed by atoms with Gasteiger partial charge in [0.25, 0.3) is 0 Å². The summed E-state index contributed by atoms with van der Waals surface area (Å²) in [5, 5.41) is 8.00. The highest BCUT2D eigenvalue weighted by molar-refractivity contribution is 5.05. The first-order chi connectivity index (χ1) is 8.77. The summed E-state index contributed by atoms with van der Waals surface area (Å²) >= 11 is 0. The molecular weight excluding hydrogens is 228 g/mol. The van der Waals surface area contributed by atoms with Gasteiger partial charge < -0.3 is 10.5 Å². The fourth-order valence-corrected chi connectivity index (χ4v) is 3.03. The molecule has 2 N–H and O–H groups in total. The Bertz CT molecular complexity index is 360. The van der Waals surface area contributed by atoms with E-state index in [2.05, 4.69) is 10.3 Å². The smallest absolute Gasteiger partial charge is 0.0807 e. The zero-order valence-corrected chi connectivity index (χ0v) is 11.4. The van der Waals surface area contributed by atoms with Crippen molar-refractivity contribution in [2.24, 2.45) is 11.7 Å². The Hall–Kier alpha value is -0.940. The van der Waals surface area contributed by atoms with Crippen molar-refractivity contribution in [2.75, 3.05) is 7.11 Å². The van der Waals surface area contributed by atoms with Crippen LogP contribution in [0.1, 0.15) is 50.8 Å². The van der Waals surface area contributed by atoms with Gasteiger partial charge in [0, 0.05) is 13.7 Å².